The number of benzene rings is 2. The van der Waals surface area contributed by atoms with E-state index in [9.17, 15) is 22.8 Å². The minimum atomic E-state index is -4.62. The van der Waals surface area contributed by atoms with Gasteiger partial charge in [-0.05, 0) is 61.5 Å². The Labute approximate surface area is 240 Å². The van der Waals surface area contributed by atoms with Gasteiger partial charge in [0.05, 0.1) is 68.0 Å². The Hall–Kier alpha value is -4.69. The zero-order valence-corrected chi connectivity index (χ0v) is 23.3. The van der Waals surface area contributed by atoms with E-state index in [0.29, 0.717) is 41.3 Å². The van der Waals surface area contributed by atoms with Crippen molar-refractivity contribution in [2.75, 3.05) is 33.2 Å². The zero-order chi connectivity index (χ0) is 30.1. The van der Waals surface area contributed by atoms with Crippen molar-refractivity contribution < 1.29 is 22.4 Å². The normalized spacial score (nSPS) is 14.5. The molecule has 2 aromatic heterocycles. The van der Waals surface area contributed by atoms with Gasteiger partial charge in [0.15, 0.2) is 0 Å². The average molecular weight is 576 g/mol. The fourth-order valence-electron chi connectivity index (χ4n) is 5.51. The van der Waals surface area contributed by atoms with Gasteiger partial charge >= 0.3 is 6.18 Å². The van der Waals surface area contributed by atoms with Gasteiger partial charge < -0.3 is 9.80 Å². The number of hydrogen-bond acceptors (Lipinski definition) is 4. The minimum Gasteiger partial charge on any atom is -0.346 e. The zero-order valence-electron chi connectivity index (χ0n) is 23.3. The number of rotatable bonds is 7. The highest BCUT2D eigenvalue weighted by atomic mass is 19.4. The van der Waals surface area contributed by atoms with E-state index in [1.165, 1.54) is 18.2 Å². The number of nitrogens with one attached hydrogen (secondary N) is 1. The summed E-state index contributed by atoms with van der Waals surface area (Å²) in [6.07, 6.45) is -0.818. The number of likely N-dealkylation sites (tertiary alicyclic amines) is 1. The van der Waals surface area contributed by atoms with Crippen LogP contribution < -0.4 is 10.9 Å². The molecule has 0 atom stereocenters. The number of pyridine rings is 1. The van der Waals surface area contributed by atoms with E-state index in [1.807, 2.05) is 0 Å². The number of hydrogen-bond donors (Lipinski definition) is 1. The average Bonchev–Trinajstić information content (AvgIpc) is 3.62. The Morgan fingerprint density at radius 2 is 1.79 bits per heavy atom. The second-order valence-corrected chi connectivity index (χ2v) is 10.8. The van der Waals surface area contributed by atoms with Gasteiger partial charge in [0.25, 0.3) is 11.5 Å². The van der Waals surface area contributed by atoms with Crippen LogP contribution in [0.3, 0.4) is 0 Å². The van der Waals surface area contributed by atoms with E-state index in [0.717, 1.165) is 47.1 Å². The minimum absolute atomic E-state index is 0.0113. The van der Waals surface area contributed by atoms with Crippen molar-refractivity contribution in [1.82, 2.24) is 19.7 Å². The number of quaternary nitrogens is 1. The largest absolute Gasteiger partial charge is 0.416 e. The Kier molecular flexibility index (Phi) is 7.75. The van der Waals surface area contributed by atoms with Crippen molar-refractivity contribution in [2.24, 2.45) is 0 Å². The number of nitriles is 1. The summed E-state index contributed by atoms with van der Waals surface area (Å²) in [5, 5.41) is 16.4. The Balaban J connectivity index is 1.62. The molecule has 0 saturated carbocycles. The number of carbonyl (C=O) groups is 1. The molecule has 0 bridgehead atoms. The standard InChI is InChI=1S/C31H29F3N6O2/c1-21-26(28-12-13-37-39(28)24-10-8-22(20-35)9-11-24)19-27(29(41)36-14-17-40(2)15-3-4-16-40)30(42)38(21)25-7-5-6-23(18-25)31(32,33)34/h5-13,18-19H,3-4,14-17H2,1-2H3/p+1. The molecule has 4 aromatic rings. The number of alkyl halides is 3. The highest BCUT2D eigenvalue weighted by molar-refractivity contribution is 5.95. The van der Waals surface area contributed by atoms with Gasteiger partial charge in [-0.15, -0.1) is 0 Å². The molecule has 216 valence electrons. The summed E-state index contributed by atoms with van der Waals surface area (Å²) in [4.78, 5) is 27.2. The molecule has 1 aliphatic rings. The van der Waals surface area contributed by atoms with Crippen molar-refractivity contribution in [3.8, 4) is 28.7 Å². The first-order chi connectivity index (χ1) is 20.0. The van der Waals surface area contributed by atoms with Gasteiger partial charge in [0, 0.05) is 29.8 Å². The van der Waals surface area contributed by atoms with Crippen LogP contribution in [0.5, 0.6) is 0 Å². The lowest BCUT2D eigenvalue weighted by atomic mass is 10.0. The fraction of sp³-hybridized carbons (Fsp3) is 0.290. The summed E-state index contributed by atoms with van der Waals surface area (Å²) < 4.78 is 44.4. The lowest BCUT2D eigenvalue weighted by Crippen LogP contribution is -2.46. The van der Waals surface area contributed by atoms with Crippen molar-refractivity contribution in [1.29, 1.82) is 5.26 Å². The van der Waals surface area contributed by atoms with E-state index < -0.39 is 23.2 Å². The molecule has 0 spiro atoms. The Morgan fingerprint density at radius 1 is 1.07 bits per heavy atom. The molecule has 8 nitrogen and oxygen atoms in total. The highest BCUT2D eigenvalue weighted by Gasteiger charge is 2.31. The van der Waals surface area contributed by atoms with Crippen LogP contribution in [0, 0.1) is 18.3 Å². The summed E-state index contributed by atoms with van der Waals surface area (Å²) in [6, 6.07) is 16.4. The van der Waals surface area contributed by atoms with Crippen molar-refractivity contribution >= 4 is 5.91 Å². The van der Waals surface area contributed by atoms with Crippen LogP contribution in [0.1, 0.15) is 40.0 Å². The van der Waals surface area contributed by atoms with Crippen molar-refractivity contribution in [3.05, 3.63) is 99.6 Å². The van der Waals surface area contributed by atoms with E-state index in [-0.39, 0.29) is 11.3 Å². The lowest BCUT2D eigenvalue weighted by Gasteiger charge is -2.29. The molecule has 1 N–H and O–H groups in total. The van der Waals surface area contributed by atoms with Crippen LogP contribution in [0.25, 0.3) is 22.6 Å². The predicted octanol–water partition coefficient (Wildman–Crippen LogP) is 4.86. The fourth-order valence-corrected chi connectivity index (χ4v) is 5.51. The number of aromatic nitrogens is 3. The van der Waals surface area contributed by atoms with E-state index in [2.05, 4.69) is 23.5 Å². The van der Waals surface area contributed by atoms with Gasteiger partial charge in [0.1, 0.15) is 5.56 Å². The van der Waals surface area contributed by atoms with Crippen molar-refractivity contribution in [2.45, 2.75) is 25.9 Å². The molecule has 1 amide bonds. The molecule has 3 heterocycles. The number of likely N-dealkylation sites (N-methyl/N-ethyl adjacent to an activating group) is 1. The maximum atomic E-state index is 13.8. The van der Waals surface area contributed by atoms with Crippen molar-refractivity contribution in [3.63, 3.8) is 0 Å². The molecule has 42 heavy (non-hydrogen) atoms. The summed E-state index contributed by atoms with van der Waals surface area (Å²) in [6.45, 7) is 4.72. The first kappa shape index (κ1) is 28.8. The number of halogens is 3. The quantitative estimate of drug-likeness (QED) is 0.319. The maximum absolute atomic E-state index is 13.8. The summed E-state index contributed by atoms with van der Waals surface area (Å²) in [5.74, 6) is -0.600. The second-order valence-electron chi connectivity index (χ2n) is 10.8. The van der Waals surface area contributed by atoms with Gasteiger partial charge in [-0.25, -0.2) is 4.68 Å². The van der Waals surface area contributed by atoms with E-state index >= 15 is 0 Å². The second kappa shape index (κ2) is 11.3. The third-order valence-corrected chi connectivity index (χ3v) is 7.87. The third kappa shape index (κ3) is 5.71. The summed E-state index contributed by atoms with van der Waals surface area (Å²) in [7, 11) is 2.13. The topological polar surface area (TPSA) is 92.7 Å². The Bertz CT molecular complexity index is 1730. The van der Waals surface area contributed by atoms with E-state index in [1.54, 1.807) is 48.1 Å². The molecule has 11 heteroatoms. The molecule has 1 aliphatic heterocycles. The summed E-state index contributed by atoms with van der Waals surface area (Å²) in [5.41, 5.74) is 0.546. The lowest BCUT2D eigenvalue weighted by molar-refractivity contribution is -0.896. The number of amides is 1. The molecule has 0 unspecified atom stereocenters. The molecular formula is C31H30F3N6O2+. The van der Waals surface area contributed by atoms with Crippen LogP contribution in [-0.2, 0) is 6.18 Å². The smallest absolute Gasteiger partial charge is 0.346 e. The molecule has 0 aliphatic carbocycles. The number of nitrogens with zero attached hydrogens (tertiary/aromatic N) is 5. The summed E-state index contributed by atoms with van der Waals surface area (Å²) >= 11 is 0. The van der Waals surface area contributed by atoms with Crippen LogP contribution in [0.15, 0.2) is 71.7 Å². The van der Waals surface area contributed by atoms with Gasteiger partial charge in [0.2, 0.25) is 0 Å². The third-order valence-electron chi connectivity index (χ3n) is 7.87. The first-order valence-corrected chi connectivity index (χ1v) is 13.6. The van der Waals surface area contributed by atoms with Crippen LogP contribution in [-0.4, -0.2) is 58.0 Å². The van der Waals surface area contributed by atoms with Gasteiger partial charge in [-0.1, -0.05) is 6.07 Å². The Morgan fingerprint density at radius 3 is 2.45 bits per heavy atom. The molecule has 1 saturated heterocycles. The van der Waals surface area contributed by atoms with E-state index in [4.69, 9.17) is 5.26 Å². The molecule has 5 rings (SSSR count). The van der Waals surface area contributed by atoms with Crippen LogP contribution in [0.4, 0.5) is 13.2 Å². The van der Waals surface area contributed by atoms with Crippen LogP contribution >= 0.6 is 0 Å². The first-order valence-electron chi connectivity index (χ1n) is 13.6. The predicted molar refractivity (Wildman–Crippen MR) is 151 cm³/mol. The molecule has 1 fully saturated rings. The molecule has 2 aromatic carbocycles. The van der Waals surface area contributed by atoms with Gasteiger partial charge in [-0.3, -0.25) is 14.2 Å². The SMILES string of the molecule is Cc1c(-c2ccnn2-c2ccc(C#N)cc2)cc(C(=O)NCC[N+]2(C)CCCC2)c(=O)n1-c1cccc(C(F)(F)F)c1. The molecular weight excluding hydrogens is 545 g/mol. The highest BCUT2D eigenvalue weighted by Crippen LogP contribution is 2.32. The van der Waals surface area contributed by atoms with Gasteiger partial charge in [-0.2, -0.15) is 23.5 Å². The molecule has 0 radical (unpaired) electrons. The maximum Gasteiger partial charge on any atom is 0.416 e. The monoisotopic (exact) mass is 575 g/mol. The number of carbonyl (C=O) groups excluding carboxylic acids is 1. The van der Waals surface area contributed by atoms with Crippen LogP contribution in [0.2, 0.25) is 0 Å².